The molecule has 0 aliphatic carbocycles. The van der Waals surface area contributed by atoms with Crippen LogP contribution in [0.2, 0.25) is 0 Å². The van der Waals surface area contributed by atoms with Crippen molar-refractivity contribution < 1.29 is 19.0 Å². The Morgan fingerprint density at radius 3 is 2.38 bits per heavy atom. The summed E-state index contributed by atoms with van der Waals surface area (Å²) < 4.78 is 19.3. The van der Waals surface area contributed by atoms with Crippen LogP contribution in [0.1, 0.15) is 32.3 Å². The van der Waals surface area contributed by atoms with E-state index in [4.69, 9.17) is 19.2 Å². The number of hydrogen-bond donors (Lipinski definition) is 0. The van der Waals surface area contributed by atoms with Crippen LogP contribution in [0.5, 0.6) is 5.75 Å². The number of benzene rings is 2. The minimum atomic E-state index is -0.473. The van der Waals surface area contributed by atoms with Crippen molar-refractivity contribution in [2.75, 3.05) is 57.4 Å². The van der Waals surface area contributed by atoms with Gasteiger partial charge in [-0.05, 0) is 56.2 Å². The van der Waals surface area contributed by atoms with E-state index in [9.17, 15) is 4.79 Å². The molecule has 3 aliphatic heterocycles. The van der Waals surface area contributed by atoms with E-state index >= 15 is 0 Å². The molecule has 2 aromatic carbocycles. The molecule has 9 heteroatoms. The predicted octanol–water partition coefficient (Wildman–Crippen LogP) is 4.32. The van der Waals surface area contributed by atoms with E-state index < -0.39 is 5.60 Å². The Labute approximate surface area is 229 Å². The molecule has 3 aliphatic rings. The Balaban J connectivity index is 1.11. The first-order chi connectivity index (χ1) is 18.8. The maximum absolute atomic E-state index is 12.4. The highest BCUT2D eigenvalue weighted by Gasteiger charge is 2.26. The third-order valence-electron chi connectivity index (χ3n) is 7.39. The van der Waals surface area contributed by atoms with Gasteiger partial charge in [-0.25, -0.2) is 9.78 Å². The van der Waals surface area contributed by atoms with Gasteiger partial charge in [-0.1, -0.05) is 18.2 Å². The van der Waals surface area contributed by atoms with E-state index in [-0.39, 0.29) is 6.09 Å². The maximum Gasteiger partial charge on any atom is 0.410 e. The van der Waals surface area contributed by atoms with Crippen molar-refractivity contribution in [2.24, 2.45) is 0 Å². The van der Waals surface area contributed by atoms with E-state index in [0.717, 1.165) is 85.7 Å². The van der Waals surface area contributed by atoms with Crippen molar-refractivity contribution >= 4 is 11.8 Å². The molecule has 2 fully saturated rings. The van der Waals surface area contributed by atoms with Gasteiger partial charge in [-0.3, -0.25) is 9.47 Å². The molecule has 3 aromatic rings. The SMILES string of the molecule is CC(C)(C)OC(=O)N1CCN(c2ccc(-c3ccc4c(c3)OCc3nc(CN5CCOCC5)cn3-4)cc2)CC1. The number of anilines is 1. The van der Waals surface area contributed by atoms with Gasteiger partial charge in [-0.2, -0.15) is 0 Å². The molecule has 0 spiro atoms. The lowest BCUT2D eigenvalue weighted by Gasteiger charge is -2.36. The highest BCUT2D eigenvalue weighted by Crippen LogP contribution is 2.35. The number of morpholine rings is 1. The number of nitrogens with zero attached hydrogens (tertiary/aromatic N) is 5. The van der Waals surface area contributed by atoms with Crippen LogP contribution < -0.4 is 9.64 Å². The fraction of sp³-hybridized carbons (Fsp3) is 0.467. The highest BCUT2D eigenvalue weighted by molar-refractivity contribution is 5.71. The number of amides is 1. The van der Waals surface area contributed by atoms with Crippen LogP contribution in [0.4, 0.5) is 10.5 Å². The standard InChI is InChI=1S/C30H37N5O4/c1-30(2,3)39-29(36)34-12-10-33(11-13-34)25-7-4-22(5-8-25)23-6-9-26-27(18-23)38-21-28-31-24(20-35(26)28)19-32-14-16-37-17-15-32/h4-9,18,20H,10-17,19,21H2,1-3H3. The summed E-state index contributed by atoms with van der Waals surface area (Å²) in [6.07, 6.45) is 1.91. The lowest BCUT2D eigenvalue weighted by atomic mass is 10.0. The van der Waals surface area contributed by atoms with E-state index in [1.165, 1.54) is 0 Å². The van der Waals surface area contributed by atoms with Crippen LogP contribution in [0.15, 0.2) is 48.7 Å². The van der Waals surface area contributed by atoms with Crippen LogP contribution in [0.25, 0.3) is 16.8 Å². The molecule has 1 amide bonds. The van der Waals surface area contributed by atoms with Crippen LogP contribution >= 0.6 is 0 Å². The average Bonchev–Trinajstić information content (AvgIpc) is 3.35. The second kappa shape index (κ2) is 10.5. The van der Waals surface area contributed by atoms with Crippen LogP contribution in [0.3, 0.4) is 0 Å². The lowest BCUT2D eigenvalue weighted by molar-refractivity contribution is 0.0240. The van der Waals surface area contributed by atoms with Crippen LogP contribution in [-0.4, -0.2) is 83.5 Å². The first-order valence-corrected chi connectivity index (χ1v) is 13.8. The molecule has 2 saturated heterocycles. The number of fused-ring (bicyclic) bond motifs is 3. The first kappa shape index (κ1) is 25.7. The summed E-state index contributed by atoms with van der Waals surface area (Å²) in [6.45, 7) is 13.3. The molecule has 0 atom stereocenters. The summed E-state index contributed by atoms with van der Waals surface area (Å²) in [7, 11) is 0. The molecule has 4 heterocycles. The van der Waals surface area contributed by atoms with Gasteiger partial charge in [-0.15, -0.1) is 0 Å². The van der Waals surface area contributed by atoms with Crippen molar-refractivity contribution in [3.8, 4) is 22.6 Å². The van der Waals surface area contributed by atoms with Gasteiger partial charge in [0.15, 0.2) is 5.82 Å². The Hall–Kier alpha value is -3.56. The lowest BCUT2D eigenvalue weighted by Crippen LogP contribution is -2.50. The van der Waals surface area contributed by atoms with Gasteiger partial charge in [0, 0.05) is 57.7 Å². The molecule has 6 rings (SSSR count). The van der Waals surface area contributed by atoms with Crippen molar-refractivity contribution in [2.45, 2.75) is 39.5 Å². The Morgan fingerprint density at radius 2 is 1.67 bits per heavy atom. The molecule has 39 heavy (non-hydrogen) atoms. The molecule has 9 nitrogen and oxygen atoms in total. The number of ether oxygens (including phenoxy) is 3. The van der Waals surface area contributed by atoms with Gasteiger partial charge in [0.1, 0.15) is 18.0 Å². The Morgan fingerprint density at radius 1 is 0.949 bits per heavy atom. The molecule has 0 saturated carbocycles. The summed E-state index contributed by atoms with van der Waals surface area (Å²) in [5, 5.41) is 0. The molecular formula is C30H37N5O4. The van der Waals surface area contributed by atoms with Crippen molar-refractivity contribution in [1.82, 2.24) is 19.4 Å². The molecular weight excluding hydrogens is 494 g/mol. The zero-order chi connectivity index (χ0) is 27.0. The molecule has 0 radical (unpaired) electrons. The number of carbonyl (C=O) groups is 1. The summed E-state index contributed by atoms with van der Waals surface area (Å²) in [6, 6.07) is 15.0. The quantitative estimate of drug-likeness (QED) is 0.497. The minimum Gasteiger partial charge on any atom is -0.483 e. The number of hydrogen-bond acceptors (Lipinski definition) is 7. The molecule has 0 N–H and O–H groups in total. The van der Waals surface area contributed by atoms with E-state index in [0.29, 0.717) is 19.7 Å². The van der Waals surface area contributed by atoms with E-state index in [1.807, 2.05) is 20.8 Å². The predicted molar refractivity (Wildman–Crippen MR) is 149 cm³/mol. The van der Waals surface area contributed by atoms with Crippen LogP contribution in [0, 0.1) is 0 Å². The van der Waals surface area contributed by atoms with Gasteiger partial charge < -0.3 is 24.0 Å². The fourth-order valence-corrected chi connectivity index (χ4v) is 5.34. The maximum atomic E-state index is 12.4. The van der Waals surface area contributed by atoms with E-state index in [1.54, 1.807) is 4.90 Å². The topological polar surface area (TPSA) is 72.3 Å². The highest BCUT2D eigenvalue weighted by atomic mass is 16.6. The third-order valence-corrected chi connectivity index (χ3v) is 7.39. The number of aromatic nitrogens is 2. The van der Waals surface area contributed by atoms with Gasteiger partial charge >= 0.3 is 6.09 Å². The van der Waals surface area contributed by atoms with Gasteiger partial charge in [0.05, 0.1) is 24.6 Å². The third kappa shape index (κ3) is 5.74. The summed E-state index contributed by atoms with van der Waals surface area (Å²) in [5.41, 5.74) is 5.04. The van der Waals surface area contributed by atoms with E-state index in [2.05, 4.69) is 63.0 Å². The van der Waals surface area contributed by atoms with Crippen molar-refractivity contribution in [1.29, 1.82) is 0 Å². The number of rotatable bonds is 4. The monoisotopic (exact) mass is 531 g/mol. The second-order valence-corrected chi connectivity index (χ2v) is 11.4. The normalized spacial score (nSPS) is 17.8. The largest absolute Gasteiger partial charge is 0.483 e. The van der Waals surface area contributed by atoms with Crippen molar-refractivity contribution in [3.05, 3.63) is 60.2 Å². The van der Waals surface area contributed by atoms with Crippen LogP contribution in [-0.2, 0) is 22.6 Å². The fourth-order valence-electron chi connectivity index (χ4n) is 5.34. The summed E-state index contributed by atoms with van der Waals surface area (Å²) in [4.78, 5) is 23.7. The summed E-state index contributed by atoms with van der Waals surface area (Å²) >= 11 is 0. The number of imidazole rings is 1. The smallest absolute Gasteiger partial charge is 0.410 e. The molecule has 0 bridgehead atoms. The number of piperazine rings is 1. The Kier molecular flexibility index (Phi) is 6.95. The molecule has 206 valence electrons. The summed E-state index contributed by atoms with van der Waals surface area (Å²) in [5.74, 6) is 1.81. The van der Waals surface area contributed by atoms with Gasteiger partial charge in [0.25, 0.3) is 0 Å². The second-order valence-electron chi connectivity index (χ2n) is 11.4. The first-order valence-electron chi connectivity index (χ1n) is 13.8. The zero-order valence-electron chi connectivity index (χ0n) is 23.1. The van der Waals surface area contributed by atoms with Gasteiger partial charge in [0.2, 0.25) is 0 Å². The molecule has 1 aromatic heterocycles. The minimum absolute atomic E-state index is 0.233. The van der Waals surface area contributed by atoms with Crippen molar-refractivity contribution in [3.63, 3.8) is 0 Å². The zero-order valence-corrected chi connectivity index (χ0v) is 23.1. The average molecular weight is 532 g/mol. The Bertz CT molecular complexity index is 1320. The molecule has 0 unspecified atom stereocenters. The number of carbonyl (C=O) groups excluding carboxylic acids is 1.